The van der Waals surface area contributed by atoms with Crippen LogP contribution in [0.4, 0.5) is 4.79 Å². The number of rotatable bonds is 1. The van der Waals surface area contributed by atoms with Gasteiger partial charge in [0.2, 0.25) is 0 Å². The van der Waals surface area contributed by atoms with Crippen molar-refractivity contribution < 1.29 is 22.5 Å². The number of likely N-dealkylation sites (tertiary alicyclic amines) is 1. The summed E-state index contributed by atoms with van der Waals surface area (Å²) in [5.41, 5.74) is 0.905. The first kappa shape index (κ1) is 20.7. The molecule has 1 amide bonds. The zero-order valence-corrected chi connectivity index (χ0v) is 16.6. The lowest BCUT2D eigenvalue weighted by Gasteiger charge is -2.47. The number of nitrogens with one attached hydrogen (secondary N) is 1. The fraction of sp³-hybridized carbons (Fsp3) is 0.611. The summed E-state index contributed by atoms with van der Waals surface area (Å²) >= 11 is 0. The van der Waals surface area contributed by atoms with Gasteiger partial charge < -0.3 is 19.5 Å². The number of benzene rings is 1. The van der Waals surface area contributed by atoms with Gasteiger partial charge in [-0.2, -0.15) is 0 Å². The minimum Gasteiger partial charge on any atom is -0.744 e. The first-order valence-electron chi connectivity index (χ1n) is 8.62. The van der Waals surface area contributed by atoms with E-state index in [0.717, 1.165) is 31.7 Å². The van der Waals surface area contributed by atoms with Gasteiger partial charge in [0.1, 0.15) is 15.7 Å². The molecule has 7 nitrogen and oxygen atoms in total. The molecule has 1 aromatic rings. The molecule has 2 heterocycles. The lowest BCUT2D eigenvalue weighted by atomic mass is 9.79. The highest BCUT2D eigenvalue weighted by atomic mass is 32.2. The zero-order valence-electron chi connectivity index (χ0n) is 15.7. The number of ether oxygens (including phenoxy) is 1. The summed E-state index contributed by atoms with van der Waals surface area (Å²) in [5.74, 6) is 0. The molecule has 0 aliphatic carbocycles. The molecule has 0 unspecified atom stereocenters. The summed E-state index contributed by atoms with van der Waals surface area (Å²) in [6.07, 6.45) is 1.02. The van der Waals surface area contributed by atoms with E-state index in [9.17, 15) is 17.8 Å². The highest BCUT2D eigenvalue weighted by Crippen LogP contribution is 2.36. The van der Waals surface area contributed by atoms with Crippen LogP contribution in [-0.4, -0.2) is 55.7 Å². The van der Waals surface area contributed by atoms with E-state index in [1.807, 2.05) is 27.7 Å². The normalized spacial score (nSPS) is 18.7. The van der Waals surface area contributed by atoms with Crippen molar-refractivity contribution in [2.75, 3.05) is 26.2 Å². The van der Waals surface area contributed by atoms with Crippen LogP contribution in [0.3, 0.4) is 0 Å². The molecule has 0 saturated carbocycles. The molecule has 2 aliphatic heterocycles. The summed E-state index contributed by atoms with van der Waals surface area (Å²) in [7, 11) is -4.27. The van der Waals surface area contributed by atoms with Crippen molar-refractivity contribution in [3.63, 3.8) is 0 Å². The second kappa shape index (κ2) is 7.54. The Bertz CT molecular complexity index is 724. The molecule has 2 saturated heterocycles. The van der Waals surface area contributed by atoms with Crippen molar-refractivity contribution in [1.82, 2.24) is 10.2 Å². The maximum absolute atomic E-state index is 11.7. The molecular formula is C18H27N2O5S-. The molecule has 0 aromatic heterocycles. The van der Waals surface area contributed by atoms with Crippen molar-refractivity contribution in [2.24, 2.45) is 5.41 Å². The molecule has 1 N–H and O–H groups in total. The van der Waals surface area contributed by atoms with Crippen LogP contribution in [0.15, 0.2) is 29.2 Å². The summed E-state index contributed by atoms with van der Waals surface area (Å²) in [4.78, 5) is 13.3. The summed E-state index contributed by atoms with van der Waals surface area (Å²) in [6, 6.07) is 5.78. The van der Waals surface area contributed by atoms with Gasteiger partial charge in [0.15, 0.2) is 0 Å². The Hall–Kier alpha value is -1.64. The third kappa shape index (κ3) is 5.69. The minimum atomic E-state index is -4.27. The molecule has 2 aliphatic rings. The summed E-state index contributed by atoms with van der Waals surface area (Å²) in [6.45, 7) is 11.4. The van der Waals surface area contributed by atoms with Crippen LogP contribution in [0.5, 0.6) is 0 Å². The van der Waals surface area contributed by atoms with Crippen molar-refractivity contribution >= 4 is 16.2 Å². The largest absolute Gasteiger partial charge is 0.744 e. The molecule has 0 bridgehead atoms. The number of carbonyl (C=O) groups excluding carboxylic acids is 1. The molecular weight excluding hydrogens is 356 g/mol. The molecule has 0 radical (unpaired) electrons. The van der Waals surface area contributed by atoms with E-state index in [4.69, 9.17) is 4.74 Å². The number of hydrogen-bond donors (Lipinski definition) is 1. The topological polar surface area (TPSA) is 98.8 Å². The van der Waals surface area contributed by atoms with Crippen LogP contribution in [0.2, 0.25) is 0 Å². The van der Waals surface area contributed by atoms with Gasteiger partial charge in [0.25, 0.3) is 0 Å². The van der Waals surface area contributed by atoms with E-state index < -0.39 is 10.1 Å². The van der Waals surface area contributed by atoms with Crippen LogP contribution in [0, 0.1) is 12.3 Å². The smallest absolute Gasteiger partial charge is 0.410 e. The van der Waals surface area contributed by atoms with E-state index in [1.54, 1.807) is 17.0 Å². The Morgan fingerprint density at radius 1 is 1.23 bits per heavy atom. The summed E-state index contributed by atoms with van der Waals surface area (Å²) < 4.78 is 36.5. The van der Waals surface area contributed by atoms with Crippen LogP contribution >= 0.6 is 0 Å². The van der Waals surface area contributed by atoms with Crippen molar-refractivity contribution in [2.45, 2.75) is 44.6 Å². The lowest BCUT2D eigenvalue weighted by molar-refractivity contribution is -0.0271. The molecule has 2 fully saturated rings. The van der Waals surface area contributed by atoms with Crippen molar-refractivity contribution in [3.8, 4) is 0 Å². The van der Waals surface area contributed by atoms with Crippen LogP contribution in [0.25, 0.3) is 0 Å². The third-order valence-electron chi connectivity index (χ3n) is 4.35. The van der Waals surface area contributed by atoms with E-state index in [2.05, 4.69) is 5.32 Å². The molecule has 3 rings (SSSR count). The number of aryl methyl sites for hydroxylation is 1. The van der Waals surface area contributed by atoms with E-state index in [1.165, 1.54) is 18.6 Å². The Balaban J connectivity index is 0.000000197. The number of amides is 1. The molecule has 146 valence electrons. The highest BCUT2D eigenvalue weighted by Gasteiger charge is 2.47. The Morgan fingerprint density at radius 3 is 2.23 bits per heavy atom. The molecule has 0 atom stereocenters. The average molecular weight is 383 g/mol. The highest BCUT2D eigenvalue weighted by molar-refractivity contribution is 7.85. The minimum absolute atomic E-state index is 0.167. The Labute approximate surface area is 155 Å². The molecule has 1 spiro atoms. The van der Waals surface area contributed by atoms with Gasteiger partial charge in [0, 0.05) is 25.0 Å². The van der Waals surface area contributed by atoms with E-state index in [-0.39, 0.29) is 16.6 Å². The molecule has 8 heteroatoms. The number of hydrogen-bond acceptors (Lipinski definition) is 6. The van der Waals surface area contributed by atoms with Gasteiger partial charge in [-0.3, -0.25) is 0 Å². The predicted molar refractivity (Wildman–Crippen MR) is 96.9 cm³/mol. The van der Waals surface area contributed by atoms with Crippen LogP contribution in [0.1, 0.15) is 32.8 Å². The van der Waals surface area contributed by atoms with Crippen molar-refractivity contribution in [3.05, 3.63) is 29.8 Å². The predicted octanol–water partition coefficient (Wildman–Crippen LogP) is 2.12. The quantitative estimate of drug-likeness (QED) is 0.746. The van der Waals surface area contributed by atoms with Gasteiger partial charge in [0.05, 0.1) is 4.90 Å². The van der Waals surface area contributed by atoms with Gasteiger partial charge in [-0.15, -0.1) is 0 Å². The lowest BCUT2D eigenvalue weighted by Crippen LogP contribution is -2.60. The van der Waals surface area contributed by atoms with Gasteiger partial charge >= 0.3 is 6.09 Å². The second-order valence-corrected chi connectivity index (χ2v) is 9.41. The van der Waals surface area contributed by atoms with Crippen LogP contribution in [-0.2, 0) is 14.9 Å². The number of nitrogens with zero attached hydrogens (tertiary/aromatic N) is 1. The zero-order chi connectivity index (χ0) is 19.6. The number of carbonyl (C=O) groups is 1. The summed E-state index contributed by atoms with van der Waals surface area (Å²) in [5, 5.41) is 3.34. The SMILES string of the molecule is CC(C)(C)OC(=O)N1CC2(CCNC2)C1.Cc1ccc(S(=O)(=O)[O-])cc1. The average Bonchev–Trinajstić information content (AvgIpc) is 2.93. The molecule has 1 aromatic carbocycles. The Kier molecular flexibility index (Phi) is 5.99. The van der Waals surface area contributed by atoms with Gasteiger partial charge in [-0.25, -0.2) is 13.2 Å². The van der Waals surface area contributed by atoms with Crippen molar-refractivity contribution in [1.29, 1.82) is 0 Å². The van der Waals surface area contributed by atoms with Gasteiger partial charge in [-0.1, -0.05) is 17.7 Å². The maximum atomic E-state index is 11.7. The fourth-order valence-electron chi connectivity index (χ4n) is 2.99. The fourth-order valence-corrected chi connectivity index (χ4v) is 3.46. The first-order valence-corrected chi connectivity index (χ1v) is 10.0. The second-order valence-electron chi connectivity index (χ2n) is 8.03. The van der Waals surface area contributed by atoms with Gasteiger partial charge in [-0.05, 0) is 52.8 Å². The third-order valence-corrected chi connectivity index (χ3v) is 5.20. The first-order chi connectivity index (χ1) is 11.9. The Morgan fingerprint density at radius 2 is 1.81 bits per heavy atom. The van der Waals surface area contributed by atoms with E-state index >= 15 is 0 Å². The maximum Gasteiger partial charge on any atom is 0.410 e. The monoisotopic (exact) mass is 383 g/mol. The standard InChI is InChI=1S/C11H20N2O2.C7H8O3S/c1-10(2,3)15-9(14)13-7-11(8-13)4-5-12-6-11;1-6-2-4-7(5-3-6)11(8,9)10/h12H,4-8H2,1-3H3;2-5H,1H3,(H,8,9,10)/p-1. The van der Waals surface area contributed by atoms with Crippen LogP contribution < -0.4 is 5.32 Å². The molecule has 26 heavy (non-hydrogen) atoms. The van der Waals surface area contributed by atoms with E-state index in [0.29, 0.717) is 5.41 Å².